The molecule has 4 heteroatoms. The molecule has 0 aliphatic rings. The molecule has 0 bridgehead atoms. The number of fused-ring (bicyclic) bond motifs is 3. The van der Waals surface area contributed by atoms with Crippen molar-refractivity contribution in [1.82, 2.24) is 9.78 Å². The summed E-state index contributed by atoms with van der Waals surface area (Å²) < 4.78 is 15.9. The fourth-order valence-corrected chi connectivity index (χ4v) is 2.70. The molecule has 3 rings (SSSR count). The smallest absolute Gasteiger partial charge is 0.146 e. The maximum absolute atomic E-state index is 13.0. The molecule has 0 aliphatic carbocycles. The third-order valence-corrected chi connectivity index (χ3v) is 3.30. The van der Waals surface area contributed by atoms with Crippen LogP contribution in [0.1, 0.15) is 0 Å². The van der Waals surface area contributed by atoms with Gasteiger partial charge in [-0.1, -0.05) is 0 Å². The largest absolute Gasteiger partial charge is 0.274 e. The van der Waals surface area contributed by atoms with Crippen molar-refractivity contribution in [2.24, 2.45) is 7.05 Å². The van der Waals surface area contributed by atoms with Crippen LogP contribution in [0, 0.1) is 5.82 Å². The van der Waals surface area contributed by atoms with E-state index in [0.717, 1.165) is 20.3 Å². The second-order valence-electron chi connectivity index (χ2n) is 3.26. The van der Waals surface area contributed by atoms with Crippen molar-refractivity contribution < 1.29 is 4.39 Å². The van der Waals surface area contributed by atoms with Crippen LogP contribution >= 0.6 is 11.3 Å². The number of halogens is 1. The third kappa shape index (κ3) is 0.974. The molecule has 1 aromatic carbocycles. The Labute approximate surface area is 83.6 Å². The normalized spacial score (nSPS) is 11.6. The molecule has 0 radical (unpaired) electrons. The molecule has 2 aromatic heterocycles. The van der Waals surface area contributed by atoms with Gasteiger partial charge in [0.25, 0.3) is 0 Å². The molecule has 0 fully saturated rings. The van der Waals surface area contributed by atoms with Crippen molar-refractivity contribution >= 4 is 31.6 Å². The lowest BCUT2D eigenvalue weighted by Gasteiger charge is -1.89. The van der Waals surface area contributed by atoms with Gasteiger partial charge in [0.05, 0.1) is 0 Å². The van der Waals surface area contributed by atoms with Gasteiger partial charge in [0.2, 0.25) is 0 Å². The van der Waals surface area contributed by atoms with Gasteiger partial charge in [0, 0.05) is 28.7 Å². The Balaban J connectivity index is 2.55. The molecule has 0 aliphatic heterocycles. The van der Waals surface area contributed by atoms with Crippen LogP contribution in [0.3, 0.4) is 0 Å². The first kappa shape index (κ1) is 7.94. The van der Waals surface area contributed by atoms with Crippen LogP contribution < -0.4 is 0 Å². The molecule has 3 aromatic rings. The van der Waals surface area contributed by atoms with Gasteiger partial charge in [0.1, 0.15) is 10.6 Å². The van der Waals surface area contributed by atoms with E-state index in [0.29, 0.717) is 0 Å². The average Bonchev–Trinajstić information content (AvgIpc) is 2.62. The van der Waals surface area contributed by atoms with Gasteiger partial charge in [-0.3, -0.25) is 4.68 Å². The summed E-state index contributed by atoms with van der Waals surface area (Å²) in [7, 11) is 1.87. The average molecular weight is 206 g/mol. The third-order valence-electron chi connectivity index (χ3n) is 2.23. The number of hydrogen-bond donors (Lipinski definition) is 0. The van der Waals surface area contributed by atoms with E-state index in [2.05, 4.69) is 5.10 Å². The maximum atomic E-state index is 13.0. The van der Waals surface area contributed by atoms with Crippen LogP contribution in [-0.4, -0.2) is 9.78 Å². The van der Waals surface area contributed by atoms with Crippen molar-refractivity contribution in [1.29, 1.82) is 0 Å². The summed E-state index contributed by atoms with van der Waals surface area (Å²) in [6, 6.07) is 4.85. The van der Waals surface area contributed by atoms with Crippen molar-refractivity contribution in [3.63, 3.8) is 0 Å². The first-order chi connectivity index (χ1) is 6.74. The number of aryl methyl sites for hydroxylation is 1. The summed E-state index contributed by atoms with van der Waals surface area (Å²) in [5, 5.41) is 6.28. The zero-order valence-electron chi connectivity index (χ0n) is 7.49. The highest BCUT2D eigenvalue weighted by Gasteiger charge is 2.08. The number of rotatable bonds is 0. The molecule has 2 nitrogen and oxygen atoms in total. The topological polar surface area (TPSA) is 17.8 Å². The highest BCUT2D eigenvalue weighted by molar-refractivity contribution is 7.25. The van der Waals surface area contributed by atoms with Crippen molar-refractivity contribution in [3.8, 4) is 0 Å². The second kappa shape index (κ2) is 2.54. The molecule has 0 atom stereocenters. The van der Waals surface area contributed by atoms with E-state index in [4.69, 9.17) is 0 Å². The lowest BCUT2D eigenvalue weighted by molar-refractivity contribution is 0.630. The Morgan fingerprint density at radius 1 is 1.36 bits per heavy atom. The molecule has 0 spiro atoms. The number of hydrogen-bond acceptors (Lipinski definition) is 2. The summed E-state index contributed by atoms with van der Waals surface area (Å²) in [6.07, 6.45) is 1.92. The molecular formula is C10H7FN2S. The first-order valence-electron chi connectivity index (χ1n) is 4.25. The molecule has 0 saturated heterocycles. The van der Waals surface area contributed by atoms with E-state index < -0.39 is 0 Å². The Morgan fingerprint density at radius 2 is 2.21 bits per heavy atom. The SMILES string of the molecule is Cn1cc2c(n1)sc1ccc(F)cc12. The van der Waals surface area contributed by atoms with Crippen molar-refractivity contribution in [2.75, 3.05) is 0 Å². The van der Waals surface area contributed by atoms with Crippen LogP contribution in [0.15, 0.2) is 24.4 Å². The van der Waals surface area contributed by atoms with Gasteiger partial charge < -0.3 is 0 Å². The monoisotopic (exact) mass is 206 g/mol. The molecule has 0 saturated carbocycles. The molecule has 2 heterocycles. The van der Waals surface area contributed by atoms with Crippen molar-refractivity contribution in [3.05, 3.63) is 30.2 Å². The number of nitrogens with zero attached hydrogens (tertiary/aromatic N) is 2. The Hall–Kier alpha value is -1.42. The Kier molecular flexibility index (Phi) is 1.44. The lowest BCUT2D eigenvalue weighted by atomic mass is 10.2. The Bertz CT molecular complexity index is 623. The molecule has 14 heavy (non-hydrogen) atoms. The van der Waals surface area contributed by atoms with Gasteiger partial charge in [-0.05, 0) is 18.2 Å². The molecular weight excluding hydrogens is 199 g/mol. The summed E-state index contributed by atoms with van der Waals surface area (Å²) in [5.41, 5.74) is 0. The highest BCUT2D eigenvalue weighted by atomic mass is 32.1. The highest BCUT2D eigenvalue weighted by Crippen LogP contribution is 2.32. The van der Waals surface area contributed by atoms with Gasteiger partial charge >= 0.3 is 0 Å². The predicted molar refractivity (Wildman–Crippen MR) is 56.1 cm³/mol. The number of aromatic nitrogens is 2. The van der Waals surface area contributed by atoms with Crippen LogP contribution in [0.5, 0.6) is 0 Å². The van der Waals surface area contributed by atoms with E-state index in [1.807, 2.05) is 13.2 Å². The fourth-order valence-electron chi connectivity index (χ4n) is 1.63. The van der Waals surface area contributed by atoms with E-state index in [1.54, 1.807) is 28.2 Å². The van der Waals surface area contributed by atoms with E-state index in [1.165, 1.54) is 6.07 Å². The summed E-state index contributed by atoms with van der Waals surface area (Å²) in [6.45, 7) is 0. The first-order valence-corrected chi connectivity index (χ1v) is 5.07. The van der Waals surface area contributed by atoms with Crippen LogP contribution in [0.25, 0.3) is 20.3 Å². The molecule has 0 N–H and O–H groups in total. The summed E-state index contributed by atoms with van der Waals surface area (Å²) >= 11 is 1.59. The zero-order valence-corrected chi connectivity index (χ0v) is 8.31. The summed E-state index contributed by atoms with van der Waals surface area (Å²) in [4.78, 5) is 0.966. The predicted octanol–water partition coefficient (Wildman–Crippen LogP) is 2.93. The van der Waals surface area contributed by atoms with Gasteiger partial charge in [-0.2, -0.15) is 5.10 Å². The standard InChI is InChI=1S/C10H7FN2S/c1-13-5-8-7-4-6(11)2-3-9(7)14-10(8)12-13/h2-5H,1H3. The van der Waals surface area contributed by atoms with Crippen LogP contribution in [0.2, 0.25) is 0 Å². The van der Waals surface area contributed by atoms with Gasteiger partial charge in [-0.15, -0.1) is 11.3 Å². The molecule has 0 unspecified atom stereocenters. The zero-order chi connectivity index (χ0) is 9.71. The van der Waals surface area contributed by atoms with E-state index in [9.17, 15) is 4.39 Å². The lowest BCUT2D eigenvalue weighted by Crippen LogP contribution is -1.84. The van der Waals surface area contributed by atoms with Crippen LogP contribution in [0.4, 0.5) is 4.39 Å². The van der Waals surface area contributed by atoms with Crippen LogP contribution in [-0.2, 0) is 7.05 Å². The van der Waals surface area contributed by atoms with Gasteiger partial charge in [0.15, 0.2) is 0 Å². The number of benzene rings is 1. The summed E-state index contributed by atoms with van der Waals surface area (Å²) in [5.74, 6) is -0.193. The van der Waals surface area contributed by atoms with Gasteiger partial charge in [-0.25, -0.2) is 4.39 Å². The minimum absolute atomic E-state index is 0.193. The Morgan fingerprint density at radius 3 is 3.07 bits per heavy atom. The molecule has 0 amide bonds. The van der Waals surface area contributed by atoms with E-state index in [-0.39, 0.29) is 5.82 Å². The molecule has 70 valence electrons. The van der Waals surface area contributed by atoms with E-state index >= 15 is 0 Å². The minimum atomic E-state index is -0.193. The fraction of sp³-hybridized carbons (Fsp3) is 0.100. The number of thiophene rings is 1. The quantitative estimate of drug-likeness (QED) is 0.553. The van der Waals surface area contributed by atoms with Crippen molar-refractivity contribution in [2.45, 2.75) is 0 Å². The maximum Gasteiger partial charge on any atom is 0.146 e. The second-order valence-corrected chi connectivity index (χ2v) is 4.29. The minimum Gasteiger partial charge on any atom is -0.274 e.